The van der Waals surface area contributed by atoms with Gasteiger partial charge in [0.15, 0.2) is 5.79 Å². The van der Waals surface area contributed by atoms with Gasteiger partial charge in [-0.25, -0.2) is 12.5 Å². The molecule has 3 aliphatic rings. The number of fused-ring (bicyclic) bond motifs is 3. The molecule has 3 fully saturated rings. The largest absolute Gasteiger partial charge is 0.400 e. The van der Waals surface area contributed by atoms with Crippen LogP contribution in [0.1, 0.15) is 13.8 Å². The van der Waals surface area contributed by atoms with Gasteiger partial charge in [-0.1, -0.05) is 18.2 Å². The number of rotatable bonds is 5. The van der Waals surface area contributed by atoms with Crippen LogP contribution in [0.3, 0.4) is 0 Å². The van der Waals surface area contributed by atoms with E-state index in [0.29, 0.717) is 5.69 Å². The van der Waals surface area contributed by atoms with Crippen molar-refractivity contribution in [2.24, 2.45) is 0 Å². The van der Waals surface area contributed by atoms with E-state index in [1.807, 2.05) is 0 Å². The highest BCUT2D eigenvalue weighted by molar-refractivity contribution is 7.88. The van der Waals surface area contributed by atoms with Gasteiger partial charge >= 0.3 is 20.7 Å². The molecule has 1 aromatic carbocycles. The summed E-state index contributed by atoms with van der Waals surface area (Å²) in [6.45, 7) is 2.38. The van der Waals surface area contributed by atoms with Crippen LogP contribution in [0.2, 0.25) is 0 Å². The van der Waals surface area contributed by atoms with E-state index in [-0.39, 0.29) is 6.61 Å². The molecule has 29 heavy (non-hydrogen) atoms. The normalized spacial score (nSPS) is 35.1. The van der Waals surface area contributed by atoms with Crippen molar-refractivity contribution in [2.75, 3.05) is 24.6 Å². The zero-order chi connectivity index (χ0) is 21.1. The minimum absolute atomic E-state index is 0.211. The summed E-state index contributed by atoms with van der Waals surface area (Å²) >= 11 is 0. The number of hydrogen-bond acceptors (Lipinski definition) is 10. The summed E-state index contributed by atoms with van der Waals surface area (Å²) in [7, 11) is -7.08. The first kappa shape index (κ1) is 20.9. The minimum atomic E-state index is -4.21. The first-order chi connectivity index (χ1) is 13.4. The van der Waals surface area contributed by atoms with Crippen LogP contribution in [0.5, 0.6) is 0 Å². The minimum Gasteiger partial charge on any atom is -0.343 e. The Morgan fingerprint density at radius 2 is 1.90 bits per heavy atom. The van der Waals surface area contributed by atoms with Crippen LogP contribution < -0.4 is 4.31 Å². The summed E-state index contributed by atoms with van der Waals surface area (Å²) in [5, 5.41) is 0. The number of ether oxygens (including phenoxy) is 3. The van der Waals surface area contributed by atoms with E-state index in [4.69, 9.17) is 26.8 Å². The molecule has 0 saturated carbocycles. The maximum Gasteiger partial charge on any atom is 0.400 e. The smallest absolute Gasteiger partial charge is 0.343 e. The SMILES string of the molecule is CN(c1ccccc1)S(=O)(=O)OC[C@@]12OC[C@H]3OS(=O)(=O)O[C@H]3[C@@H]1OC(C)(C)O2. The zero-order valence-electron chi connectivity index (χ0n) is 15.9. The van der Waals surface area contributed by atoms with Crippen LogP contribution in [-0.4, -0.2) is 67.0 Å². The average molecular weight is 451 g/mol. The summed E-state index contributed by atoms with van der Waals surface area (Å²) in [6.07, 6.45) is -3.08. The zero-order valence-corrected chi connectivity index (χ0v) is 17.5. The summed E-state index contributed by atoms with van der Waals surface area (Å²) in [4.78, 5) is 0. The van der Waals surface area contributed by atoms with Crippen LogP contribution in [0.25, 0.3) is 0 Å². The predicted octanol–water partition coefficient (Wildman–Crippen LogP) is 0.291. The lowest BCUT2D eigenvalue weighted by Crippen LogP contribution is -2.60. The van der Waals surface area contributed by atoms with Gasteiger partial charge in [-0.2, -0.15) is 16.8 Å². The molecule has 162 valence electrons. The highest BCUT2D eigenvalue weighted by Gasteiger charge is 2.66. The van der Waals surface area contributed by atoms with Gasteiger partial charge in [0.2, 0.25) is 5.79 Å². The van der Waals surface area contributed by atoms with E-state index in [9.17, 15) is 16.8 Å². The fourth-order valence-corrected chi connectivity index (χ4v) is 5.36. The molecule has 0 N–H and O–H groups in total. The molecule has 3 saturated heterocycles. The van der Waals surface area contributed by atoms with Crippen LogP contribution in [0.15, 0.2) is 30.3 Å². The molecule has 0 spiro atoms. The molecule has 11 nitrogen and oxygen atoms in total. The van der Waals surface area contributed by atoms with Gasteiger partial charge in [-0.15, -0.1) is 0 Å². The molecular weight excluding hydrogens is 430 g/mol. The summed E-state index contributed by atoms with van der Waals surface area (Å²) in [5.74, 6) is -2.90. The third-order valence-electron chi connectivity index (χ3n) is 4.75. The highest BCUT2D eigenvalue weighted by Crippen LogP contribution is 2.46. The van der Waals surface area contributed by atoms with Crippen LogP contribution in [0.4, 0.5) is 5.69 Å². The maximum atomic E-state index is 12.7. The van der Waals surface area contributed by atoms with E-state index in [1.165, 1.54) is 7.05 Å². The Balaban J connectivity index is 1.56. The first-order valence-corrected chi connectivity index (χ1v) is 11.4. The fourth-order valence-electron chi connectivity index (χ4n) is 3.50. The molecule has 0 radical (unpaired) electrons. The molecule has 13 heteroatoms. The van der Waals surface area contributed by atoms with Crippen LogP contribution in [-0.2, 0) is 47.5 Å². The van der Waals surface area contributed by atoms with E-state index in [2.05, 4.69) is 0 Å². The third-order valence-corrected chi connectivity index (χ3v) is 6.99. The molecule has 0 aliphatic carbocycles. The first-order valence-electron chi connectivity index (χ1n) is 8.75. The van der Waals surface area contributed by atoms with Crippen LogP contribution >= 0.6 is 0 Å². The second kappa shape index (κ2) is 6.85. The number of anilines is 1. The monoisotopic (exact) mass is 451 g/mol. The average Bonchev–Trinajstić information content (AvgIpc) is 3.11. The van der Waals surface area contributed by atoms with Crippen molar-refractivity contribution in [1.29, 1.82) is 0 Å². The van der Waals surface area contributed by atoms with Gasteiger partial charge in [0.05, 0.1) is 12.3 Å². The molecule has 0 unspecified atom stereocenters. The number of hydrogen-bond donors (Lipinski definition) is 0. The molecular formula is C16H21NO10S2. The Bertz CT molecular complexity index is 980. The molecule has 4 rings (SSSR count). The number of para-hydroxylation sites is 1. The number of nitrogens with zero attached hydrogens (tertiary/aromatic N) is 1. The molecule has 0 amide bonds. The van der Waals surface area contributed by atoms with Crippen molar-refractivity contribution in [3.8, 4) is 0 Å². The Morgan fingerprint density at radius 1 is 1.21 bits per heavy atom. The summed E-state index contributed by atoms with van der Waals surface area (Å²) < 4.78 is 81.9. The van der Waals surface area contributed by atoms with E-state index < -0.39 is 57.2 Å². The van der Waals surface area contributed by atoms with E-state index >= 15 is 0 Å². The molecule has 3 aliphatic heterocycles. The van der Waals surface area contributed by atoms with Gasteiger partial charge in [0, 0.05) is 7.05 Å². The second-order valence-electron chi connectivity index (χ2n) is 7.29. The summed E-state index contributed by atoms with van der Waals surface area (Å²) in [5.41, 5.74) is 0.397. The van der Waals surface area contributed by atoms with Crippen LogP contribution in [0, 0.1) is 0 Å². The summed E-state index contributed by atoms with van der Waals surface area (Å²) in [6, 6.07) is 8.35. The molecule has 0 bridgehead atoms. The van der Waals surface area contributed by atoms with Crippen molar-refractivity contribution in [1.82, 2.24) is 0 Å². The molecule has 1 aromatic rings. The lowest BCUT2D eigenvalue weighted by atomic mass is 9.98. The third kappa shape index (κ3) is 3.88. The maximum absolute atomic E-state index is 12.7. The van der Waals surface area contributed by atoms with Crippen molar-refractivity contribution < 1.29 is 43.6 Å². The fraction of sp³-hybridized carbons (Fsp3) is 0.625. The second-order valence-corrected chi connectivity index (χ2v) is 10.1. The van der Waals surface area contributed by atoms with E-state index in [0.717, 1.165) is 4.31 Å². The standard InChI is InChI=1S/C16H21NO10S2/c1-15(2)24-14-13-12(25-29(20,21)26-13)9-22-16(14,27-15)10-23-28(18,19)17(3)11-7-5-4-6-8-11/h4-8,12-14H,9-10H2,1-3H3/t12-,13-,14+,16+/m1/s1. The Kier molecular flexibility index (Phi) is 4.94. The van der Waals surface area contributed by atoms with Gasteiger partial charge < -0.3 is 14.2 Å². The molecule has 0 aromatic heterocycles. The lowest BCUT2D eigenvalue weighted by molar-refractivity contribution is -0.290. The number of benzene rings is 1. The van der Waals surface area contributed by atoms with Gasteiger partial charge in [-0.05, 0) is 26.0 Å². The van der Waals surface area contributed by atoms with Gasteiger partial charge in [0.1, 0.15) is 24.9 Å². The van der Waals surface area contributed by atoms with Crippen molar-refractivity contribution in [3.05, 3.63) is 30.3 Å². The topological polar surface area (TPSA) is 127 Å². The Labute approximate surface area is 169 Å². The highest BCUT2D eigenvalue weighted by atomic mass is 32.3. The quantitative estimate of drug-likeness (QED) is 0.616. The molecule has 4 atom stereocenters. The van der Waals surface area contributed by atoms with Gasteiger partial charge in [0.25, 0.3) is 0 Å². The molecule has 3 heterocycles. The Morgan fingerprint density at radius 3 is 2.59 bits per heavy atom. The predicted molar refractivity (Wildman–Crippen MR) is 97.1 cm³/mol. The van der Waals surface area contributed by atoms with Gasteiger partial charge in [-0.3, -0.25) is 4.31 Å². The van der Waals surface area contributed by atoms with E-state index in [1.54, 1.807) is 44.2 Å². The van der Waals surface area contributed by atoms with Crippen molar-refractivity contribution >= 4 is 26.4 Å². The Hall–Kier alpha value is -1.32. The van der Waals surface area contributed by atoms with Crippen molar-refractivity contribution in [2.45, 2.75) is 43.7 Å². The van der Waals surface area contributed by atoms with Crippen molar-refractivity contribution in [3.63, 3.8) is 0 Å². The lowest BCUT2D eigenvalue weighted by Gasteiger charge is -2.39.